The van der Waals surface area contributed by atoms with Crippen LogP contribution >= 0.6 is 46.2 Å². The maximum atomic E-state index is 12.5. The highest BCUT2D eigenvalue weighted by Gasteiger charge is 2.28. The van der Waals surface area contributed by atoms with E-state index in [1.807, 2.05) is 51.4 Å². The van der Waals surface area contributed by atoms with Gasteiger partial charge in [-0.15, -0.1) is 22.7 Å². The molecule has 42 heavy (non-hydrogen) atoms. The van der Waals surface area contributed by atoms with E-state index in [2.05, 4.69) is 51.4 Å². The average molecular weight is 634 g/mol. The van der Waals surface area contributed by atoms with Gasteiger partial charge in [0, 0.05) is 51.5 Å². The summed E-state index contributed by atoms with van der Waals surface area (Å²) in [5.74, 6) is 1.10. The van der Waals surface area contributed by atoms with Gasteiger partial charge in [-0.3, -0.25) is 4.98 Å². The van der Waals surface area contributed by atoms with Crippen molar-refractivity contribution in [3.63, 3.8) is 0 Å². The van der Waals surface area contributed by atoms with E-state index in [1.165, 1.54) is 9.60 Å². The van der Waals surface area contributed by atoms with Crippen molar-refractivity contribution >= 4 is 73.5 Å². The molecule has 6 rings (SSSR count). The van der Waals surface area contributed by atoms with Gasteiger partial charge in [-0.25, -0.2) is 14.8 Å². The summed E-state index contributed by atoms with van der Waals surface area (Å²) < 4.78 is 6.74. The molecule has 1 aromatic carbocycles. The zero-order valence-corrected chi connectivity index (χ0v) is 26.8. The molecule has 4 aromatic heterocycles. The van der Waals surface area contributed by atoms with Gasteiger partial charge in [0.1, 0.15) is 11.4 Å². The van der Waals surface area contributed by atoms with E-state index in [1.54, 1.807) is 51.1 Å². The predicted octanol–water partition coefficient (Wildman–Crippen LogP) is 9.31. The summed E-state index contributed by atoms with van der Waals surface area (Å²) in [5, 5.41) is 8.52. The molecule has 7 nitrogen and oxygen atoms in total. The standard InChI is InChI=1S/C31H31N5O2S4/c1-31(2,3)38-30(37)36-14-10-20(11-15-36)24-19-40-29(34-24)35-28-26(41-21-7-5-4-6-8-21)17-22(18-33-28)42-25-9-13-32-23-12-16-39-27(23)25/h4-9,12-13,16-20H,10-11,14-15H2,1-3H3,(H,33,34,35). The Hall–Kier alpha value is -3.12. The summed E-state index contributed by atoms with van der Waals surface area (Å²) >= 11 is 6.69. The number of piperidine rings is 1. The Labute approximate surface area is 262 Å². The third kappa shape index (κ3) is 7.08. The molecular formula is C31H31N5O2S4. The van der Waals surface area contributed by atoms with Crippen LogP contribution in [0.3, 0.4) is 0 Å². The molecule has 0 radical (unpaired) electrons. The van der Waals surface area contributed by atoms with Gasteiger partial charge in [0.25, 0.3) is 0 Å². The summed E-state index contributed by atoms with van der Waals surface area (Å²) in [5.41, 5.74) is 1.60. The van der Waals surface area contributed by atoms with Crippen LogP contribution in [0.5, 0.6) is 0 Å². The number of rotatable bonds is 7. The summed E-state index contributed by atoms with van der Waals surface area (Å²) in [7, 11) is 0. The minimum atomic E-state index is -0.485. The maximum Gasteiger partial charge on any atom is 0.410 e. The molecule has 1 saturated heterocycles. The molecule has 0 spiro atoms. The number of amides is 1. The molecule has 0 unspecified atom stereocenters. The molecule has 1 aliphatic heterocycles. The van der Waals surface area contributed by atoms with Gasteiger partial charge in [-0.05, 0) is 69.3 Å². The molecule has 5 aromatic rings. The fourth-order valence-corrected chi connectivity index (χ4v) is 8.33. The van der Waals surface area contributed by atoms with Crippen LogP contribution in [0.15, 0.2) is 91.3 Å². The normalized spacial score (nSPS) is 14.3. The zero-order chi connectivity index (χ0) is 29.1. The van der Waals surface area contributed by atoms with E-state index >= 15 is 0 Å². The number of hydrogen-bond donors (Lipinski definition) is 1. The molecule has 5 heterocycles. The second-order valence-corrected chi connectivity index (χ2v) is 14.9. The highest BCUT2D eigenvalue weighted by Crippen LogP contribution is 2.41. The van der Waals surface area contributed by atoms with Crippen molar-refractivity contribution in [1.82, 2.24) is 19.9 Å². The summed E-state index contributed by atoms with van der Waals surface area (Å²) in [6.07, 6.45) is 5.29. The Bertz CT molecular complexity index is 1670. The highest BCUT2D eigenvalue weighted by atomic mass is 32.2. The van der Waals surface area contributed by atoms with Gasteiger partial charge in [-0.1, -0.05) is 41.7 Å². The molecule has 0 atom stereocenters. The van der Waals surface area contributed by atoms with Crippen LogP contribution in [0.2, 0.25) is 0 Å². The van der Waals surface area contributed by atoms with E-state index in [0.717, 1.165) is 49.7 Å². The molecule has 1 amide bonds. The monoisotopic (exact) mass is 633 g/mol. The van der Waals surface area contributed by atoms with Crippen molar-refractivity contribution in [3.8, 4) is 0 Å². The van der Waals surface area contributed by atoms with Gasteiger partial charge < -0.3 is 15.0 Å². The minimum absolute atomic E-state index is 0.235. The van der Waals surface area contributed by atoms with Crippen molar-refractivity contribution < 1.29 is 9.53 Å². The Morgan fingerprint density at radius 1 is 1.00 bits per heavy atom. The molecule has 0 aliphatic carbocycles. The number of likely N-dealkylation sites (tertiary alicyclic amines) is 1. The summed E-state index contributed by atoms with van der Waals surface area (Å²) in [4.78, 5) is 33.0. The van der Waals surface area contributed by atoms with Gasteiger partial charge in [0.05, 0.1) is 20.8 Å². The predicted molar refractivity (Wildman–Crippen MR) is 174 cm³/mol. The van der Waals surface area contributed by atoms with Gasteiger partial charge in [-0.2, -0.15) is 0 Å². The van der Waals surface area contributed by atoms with E-state index in [0.29, 0.717) is 19.0 Å². The number of nitrogens with zero attached hydrogens (tertiary/aromatic N) is 4. The number of fused-ring (bicyclic) bond motifs is 1. The molecule has 0 saturated carbocycles. The lowest BCUT2D eigenvalue weighted by Gasteiger charge is -2.32. The number of hydrogen-bond acceptors (Lipinski definition) is 10. The first-order chi connectivity index (χ1) is 20.3. The molecule has 1 fully saturated rings. The number of benzene rings is 1. The van der Waals surface area contributed by atoms with Gasteiger partial charge >= 0.3 is 6.09 Å². The van der Waals surface area contributed by atoms with Crippen LogP contribution in [0.25, 0.3) is 10.2 Å². The number of carbonyl (C=O) groups is 1. The minimum Gasteiger partial charge on any atom is -0.444 e. The van der Waals surface area contributed by atoms with Crippen molar-refractivity contribution in [2.24, 2.45) is 0 Å². The van der Waals surface area contributed by atoms with Crippen LogP contribution in [-0.2, 0) is 4.74 Å². The second-order valence-electron chi connectivity index (χ2n) is 10.9. The lowest BCUT2D eigenvalue weighted by Crippen LogP contribution is -2.41. The maximum absolute atomic E-state index is 12.5. The van der Waals surface area contributed by atoms with Crippen LogP contribution in [-0.4, -0.2) is 44.6 Å². The first kappa shape index (κ1) is 29.0. The van der Waals surface area contributed by atoms with Crippen LogP contribution in [0.4, 0.5) is 15.7 Å². The molecule has 0 bridgehead atoms. The third-order valence-corrected chi connectivity index (χ3v) is 10.5. The lowest BCUT2D eigenvalue weighted by molar-refractivity contribution is 0.0204. The Morgan fingerprint density at radius 2 is 1.79 bits per heavy atom. The zero-order valence-electron chi connectivity index (χ0n) is 23.6. The number of anilines is 2. The first-order valence-electron chi connectivity index (χ1n) is 13.7. The third-order valence-electron chi connectivity index (χ3n) is 6.65. The number of aromatic nitrogens is 3. The van der Waals surface area contributed by atoms with E-state index in [9.17, 15) is 4.79 Å². The van der Waals surface area contributed by atoms with Crippen molar-refractivity contribution in [1.29, 1.82) is 0 Å². The van der Waals surface area contributed by atoms with Crippen LogP contribution in [0.1, 0.15) is 45.2 Å². The summed E-state index contributed by atoms with van der Waals surface area (Å²) in [6, 6.07) is 16.7. The van der Waals surface area contributed by atoms with Crippen molar-refractivity contribution in [2.45, 2.75) is 64.7 Å². The Balaban J connectivity index is 1.17. The largest absolute Gasteiger partial charge is 0.444 e. The molecule has 1 aliphatic rings. The van der Waals surface area contributed by atoms with Crippen LogP contribution < -0.4 is 5.32 Å². The van der Waals surface area contributed by atoms with E-state index in [4.69, 9.17) is 14.7 Å². The first-order valence-corrected chi connectivity index (χ1v) is 17.1. The fraction of sp³-hybridized carbons (Fsp3) is 0.290. The molecular weight excluding hydrogens is 603 g/mol. The Kier molecular flexibility index (Phi) is 8.71. The van der Waals surface area contributed by atoms with Gasteiger partial charge in [0.2, 0.25) is 0 Å². The quantitative estimate of drug-likeness (QED) is 0.190. The average Bonchev–Trinajstić information content (AvgIpc) is 3.65. The highest BCUT2D eigenvalue weighted by molar-refractivity contribution is 8.00. The smallest absolute Gasteiger partial charge is 0.410 e. The van der Waals surface area contributed by atoms with Crippen LogP contribution in [0, 0.1) is 0 Å². The number of carbonyl (C=O) groups excluding carboxylic acids is 1. The SMILES string of the molecule is CC(C)(C)OC(=O)N1CCC(c2csc(Nc3ncc(Sc4ccnc5ccsc45)cc3Sc3ccccc3)n2)CC1. The van der Waals surface area contributed by atoms with Gasteiger partial charge in [0.15, 0.2) is 5.13 Å². The van der Waals surface area contributed by atoms with Crippen molar-refractivity contribution in [3.05, 3.63) is 77.4 Å². The number of ether oxygens (including phenoxy) is 1. The fourth-order valence-electron chi connectivity index (χ4n) is 4.64. The number of thiophene rings is 1. The molecule has 216 valence electrons. The number of pyridine rings is 2. The van der Waals surface area contributed by atoms with Crippen molar-refractivity contribution in [2.75, 3.05) is 18.4 Å². The molecule has 1 N–H and O–H groups in total. The van der Waals surface area contributed by atoms with E-state index < -0.39 is 5.60 Å². The second kappa shape index (κ2) is 12.6. The lowest BCUT2D eigenvalue weighted by atomic mass is 9.94. The number of nitrogens with one attached hydrogen (secondary N) is 1. The Morgan fingerprint density at radius 3 is 2.57 bits per heavy atom. The van der Waals surface area contributed by atoms with E-state index in [-0.39, 0.29) is 6.09 Å². The summed E-state index contributed by atoms with van der Waals surface area (Å²) in [6.45, 7) is 7.04. The number of thiazole rings is 1. The topological polar surface area (TPSA) is 80.2 Å². The molecule has 11 heteroatoms.